The van der Waals surface area contributed by atoms with Crippen LogP contribution < -0.4 is 11.1 Å². The Morgan fingerprint density at radius 2 is 2.11 bits per heavy atom. The molecule has 0 aliphatic carbocycles. The fourth-order valence-electron chi connectivity index (χ4n) is 2.20. The lowest BCUT2D eigenvalue weighted by atomic mass is 10.2. The number of nitrogen functional groups attached to an aromatic ring is 1. The first-order chi connectivity index (χ1) is 8.66. The zero-order valence-corrected chi connectivity index (χ0v) is 10.3. The number of hydrogen-bond acceptors (Lipinski definition) is 5. The molecule has 0 atom stereocenters. The van der Waals surface area contributed by atoms with Gasteiger partial charge in [0.2, 0.25) is 0 Å². The zero-order chi connectivity index (χ0) is 13.0. The molecule has 1 aromatic rings. The third-order valence-corrected chi connectivity index (χ3v) is 3.18. The SMILES string of the molecule is Nc1cc(NCCN2CCCC2)ccc1[N+](=O)[O-]. The number of benzene rings is 1. The summed E-state index contributed by atoms with van der Waals surface area (Å²) in [5.41, 5.74) is 6.61. The van der Waals surface area contributed by atoms with Crippen LogP contribution in [-0.4, -0.2) is 36.0 Å². The molecule has 1 fully saturated rings. The fraction of sp³-hybridized carbons (Fsp3) is 0.500. The maximum absolute atomic E-state index is 10.6. The van der Waals surface area contributed by atoms with Crippen LogP contribution in [0, 0.1) is 10.1 Å². The Kier molecular flexibility index (Phi) is 3.99. The highest BCUT2D eigenvalue weighted by Gasteiger charge is 2.12. The zero-order valence-electron chi connectivity index (χ0n) is 10.3. The Morgan fingerprint density at radius 1 is 1.39 bits per heavy atom. The van der Waals surface area contributed by atoms with Crippen LogP contribution in [0.1, 0.15) is 12.8 Å². The van der Waals surface area contributed by atoms with Crippen LogP contribution in [0.2, 0.25) is 0 Å². The predicted octanol–water partition coefficient (Wildman–Crippen LogP) is 1.68. The number of nitrogens with one attached hydrogen (secondary N) is 1. The lowest BCUT2D eigenvalue weighted by Gasteiger charge is -2.15. The smallest absolute Gasteiger partial charge is 0.292 e. The van der Waals surface area contributed by atoms with Crippen molar-refractivity contribution in [3.05, 3.63) is 28.3 Å². The molecule has 0 spiro atoms. The van der Waals surface area contributed by atoms with Crippen LogP contribution in [0.4, 0.5) is 17.1 Å². The standard InChI is InChI=1S/C12H18N4O2/c13-11-9-10(3-4-12(11)16(17)18)14-5-8-15-6-1-2-7-15/h3-4,9,14H,1-2,5-8,13H2. The summed E-state index contributed by atoms with van der Waals surface area (Å²) in [7, 11) is 0. The second-order valence-electron chi connectivity index (χ2n) is 4.51. The Balaban J connectivity index is 1.85. The first kappa shape index (κ1) is 12.6. The van der Waals surface area contributed by atoms with Gasteiger partial charge in [0.15, 0.2) is 0 Å². The Morgan fingerprint density at radius 3 is 2.72 bits per heavy atom. The molecule has 0 aromatic heterocycles. The van der Waals surface area contributed by atoms with Gasteiger partial charge in [0, 0.05) is 24.8 Å². The van der Waals surface area contributed by atoms with Crippen molar-refractivity contribution in [2.24, 2.45) is 0 Å². The van der Waals surface area contributed by atoms with Gasteiger partial charge in [-0.1, -0.05) is 0 Å². The van der Waals surface area contributed by atoms with Crippen molar-refractivity contribution in [2.45, 2.75) is 12.8 Å². The third kappa shape index (κ3) is 3.10. The summed E-state index contributed by atoms with van der Waals surface area (Å²) < 4.78 is 0. The summed E-state index contributed by atoms with van der Waals surface area (Å²) in [6, 6.07) is 4.74. The van der Waals surface area contributed by atoms with Crippen LogP contribution in [0.5, 0.6) is 0 Å². The van der Waals surface area contributed by atoms with Crippen molar-refractivity contribution in [1.29, 1.82) is 0 Å². The van der Waals surface area contributed by atoms with Gasteiger partial charge in [0.05, 0.1) is 4.92 Å². The van der Waals surface area contributed by atoms with Crippen molar-refractivity contribution in [1.82, 2.24) is 4.90 Å². The van der Waals surface area contributed by atoms with E-state index in [1.807, 2.05) is 0 Å². The van der Waals surface area contributed by atoms with Crippen LogP contribution in [0.3, 0.4) is 0 Å². The predicted molar refractivity (Wildman–Crippen MR) is 71.7 cm³/mol. The van der Waals surface area contributed by atoms with E-state index in [1.165, 1.54) is 32.0 Å². The normalized spacial score (nSPS) is 15.8. The molecule has 0 amide bonds. The van der Waals surface area contributed by atoms with E-state index in [0.717, 1.165) is 18.8 Å². The minimum atomic E-state index is -0.469. The average molecular weight is 250 g/mol. The minimum absolute atomic E-state index is 0.0416. The Hall–Kier alpha value is -1.82. The summed E-state index contributed by atoms with van der Waals surface area (Å²) in [5, 5.41) is 13.9. The van der Waals surface area contributed by atoms with E-state index in [1.54, 1.807) is 12.1 Å². The molecule has 1 heterocycles. The number of nitrogens with zero attached hydrogens (tertiary/aromatic N) is 2. The first-order valence-electron chi connectivity index (χ1n) is 6.17. The second kappa shape index (κ2) is 5.68. The average Bonchev–Trinajstić information content (AvgIpc) is 2.81. The molecule has 2 rings (SSSR count). The molecule has 0 bridgehead atoms. The van der Waals surface area contributed by atoms with Crippen LogP contribution >= 0.6 is 0 Å². The van der Waals surface area contributed by atoms with E-state index in [0.29, 0.717) is 0 Å². The molecular formula is C12H18N4O2. The summed E-state index contributed by atoms with van der Waals surface area (Å²) in [5.74, 6) is 0. The first-order valence-corrected chi connectivity index (χ1v) is 6.17. The summed E-state index contributed by atoms with van der Waals surface area (Å²) >= 11 is 0. The monoisotopic (exact) mass is 250 g/mol. The number of hydrogen-bond donors (Lipinski definition) is 2. The Bertz CT molecular complexity index is 430. The molecular weight excluding hydrogens is 232 g/mol. The molecule has 6 heteroatoms. The number of likely N-dealkylation sites (tertiary alicyclic amines) is 1. The quantitative estimate of drug-likeness (QED) is 0.472. The third-order valence-electron chi connectivity index (χ3n) is 3.18. The van der Waals surface area contributed by atoms with Gasteiger partial charge >= 0.3 is 0 Å². The van der Waals surface area contributed by atoms with Gasteiger partial charge in [-0.3, -0.25) is 10.1 Å². The van der Waals surface area contributed by atoms with E-state index in [-0.39, 0.29) is 11.4 Å². The largest absolute Gasteiger partial charge is 0.393 e. The van der Waals surface area contributed by atoms with Crippen molar-refractivity contribution in [3.63, 3.8) is 0 Å². The summed E-state index contributed by atoms with van der Waals surface area (Å²) in [6.45, 7) is 4.17. The van der Waals surface area contributed by atoms with Crippen LogP contribution in [0.15, 0.2) is 18.2 Å². The van der Waals surface area contributed by atoms with E-state index in [4.69, 9.17) is 5.73 Å². The summed E-state index contributed by atoms with van der Waals surface area (Å²) in [6.07, 6.45) is 2.56. The summed E-state index contributed by atoms with van der Waals surface area (Å²) in [4.78, 5) is 12.6. The molecule has 0 unspecified atom stereocenters. The van der Waals surface area contributed by atoms with Crippen LogP contribution in [0.25, 0.3) is 0 Å². The minimum Gasteiger partial charge on any atom is -0.393 e. The molecule has 18 heavy (non-hydrogen) atoms. The molecule has 1 aliphatic rings. The van der Waals surface area contributed by atoms with Gasteiger partial charge in [-0.2, -0.15) is 0 Å². The number of nitro benzene ring substituents is 1. The lowest BCUT2D eigenvalue weighted by Crippen LogP contribution is -2.25. The van der Waals surface area contributed by atoms with Crippen molar-refractivity contribution in [3.8, 4) is 0 Å². The highest BCUT2D eigenvalue weighted by atomic mass is 16.6. The van der Waals surface area contributed by atoms with Gasteiger partial charge in [-0.25, -0.2) is 0 Å². The molecule has 98 valence electrons. The molecule has 1 aromatic carbocycles. The molecule has 3 N–H and O–H groups in total. The van der Waals surface area contributed by atoms with Gasteiger partial charge < -0.3 is 16.0 Å². The van der Waals surface area contributed by atoms with Crippen molar-refractivity contribution in [2.75, 3.05) is 37.2 Å². The van der Waals surface area contributed by atoms with Crippen molar-refractivity contribution >= 4 is 17.1 Å². The maximum Gasteiger partial charge on any atom is 0.292 e. The van der Waals surface area contributed by atoms with E-state index in [9.17, 15) is 10.1 Å². The molecule has 0 radical (unpaired) electrons. The highest BCUT2D eigenvalue weighted by molar-refractivity contribution is 5.65. The number of rotatable bonds is 5. The lowest BCUT2D eigenvalue weighted by molar-refractivity contribution is -0.383. The van der Waals surface area contributed by atoms with Gasteiger partial charge in [-0.15, -0.1) is 0 Å². The van der Waals surface area contributed by atoms with Gasteiger partial charge in [0.25, 0.3) is 5.69 Å². The topological polar surface area (TPSA) is 84.4 Å². The number of anilines is 2. The highest BCUT2D eigenvalue weighted by Crippen LogP contribution is 2.24. The Labute approximate surface area is 106 Å². The molecule has 0 saturated carbocycles. The van der Waals surface area contributed by atoms with E-state index >= 15 is 0 Å². The second-order valence-corrected chi connectivity index (χ2v) is 4.51. The van der Waals surface area contributed by atoms with E-state index < -0.39 is 4.92 Å². The van der Waals surface area contributed by atoms with Gasteiger partial charge in [0.1, 0.15) is 5.69 Å². The number of nitro groups is 1. The van der Waals surface area contributed by atoms with Gasteiger partial charge in [-0.05, 0) is 38.1 Å². The van der Waals surface area contributed by atoms with Crippen LogP contribution in [-0.2, 0) is 0 Å². The van der Waals surface area contributed by atoms with E-state index in [2.05, 4.69) is 10.2 Å². The molecule has 1 aliphatic heterocycles. The number of nitrogens with two attached hydrogens (primary N) is 1. The van der Waals surface area contributed by atoms with Crippen molar-refractivity contribution < 1.29 is 4.92 Å². The molecule has 1 saturated heterocycles. The maximum atomic E-state index is 10.6. The fourth-order valence-corrected chi connectivity index (χ4v) is 2.20. The molecule has 6 nitrogen and oxygen atoms in total.